The van der Waals surface area contributed by atoms with Crippen LogP contribution in [0.15, 0.2) is 52.9 Å². The molecule has 1 fully saturated rings. The maximum absolute atomic E-state index is 11.9. The molecule has 1 unspecified atom stereocenters. The van der Waals surface area contributed by atoms with Gasteiger partial charge in [0.2, 0.25) is 6.29 Å². The average Bonchev–Trinajstić information content (AvgIpc) is 3.25. The van der Waals surface area contributed by atoms with E-state index in [0.29, 0.717) is 35.7 Å². The zero-order valence-corrected chi connectivity index (χ0v) is 18.2. The van der Waals surface area contributed by atoms with Gasteiger partial charge in [0.1, 0.15) is 22.9 Å². The normalized spacial score (nSPS) is 18.9. The third kappa shape index (κ3) is 3.31. The largest absolute Gasteiger partial charge is 0.465 e. The number of methoxy groups -OCH3 is 2. The van der Waals surface area contributed by atoms with Gasteiger partial charge >= 0.3 is 5.97 Å². The van der Waals surface area contributed by atoms with E-state index in [-0.39, 0.29) is 0 Å². The van der Waals surface area contributed by atoms with Crippen molar-refractivity contribution in [3.63, 3.8) is 0 Å². The number of rotatable bonds is 4. The number of carbonyl (C=O) groups excluding carboxylic acids is 1. The number of furan rings is 1. The molecule has 0 spiro atoms. The van der Waals surface area contributed by atoms with Crippen LogP contribution in [0.2, 0.25) is 0 Å². The summed E-state index contributed by atoms with van der Waals surface area (Å²) >= 11 is 0. The van der Waals surface area contributed by atoms with Crippen molar-refractivity contribution in [2.45, 2.75) is 44.0 Å². The van der Waals surface area contributed by atoms with Crippen LogP contribution in [-0.4, -0.2) is 25.3 Å². The van der Waals surface area contributed by atoms with Crippen molar-refractivity contribution in [1.29, 1.82) is 0 Å². The summed E-state index contributed by atoms with van der Waals surface area (Å²) in [6, 6.07) is 14.8. The third-order valence-corrected chi connectivity index (χ3v) is 6.46. The molecule has 1 N–H and O–H groups in total. The van der Waals surface area contributed by atoms with Crippen LogP contribution in [0, 0.1) is 0 Å². The lowest BCUT2D eigenvalue weighted by molar-refractivity contribution is -0.0579. The van der Waals surface area contributed by atoms with Crippen LogP contribution in [0.1, 0.15) is 60.1 Å². The van der Waals surface area contributed by atoms with Gasteiger partial charge in [0.05, 0.1) is 23.8 Å². The number of fused-ring (bicyclic) bond motifs is 3. The second-order valence-electron chi connectivity index (χ2n) is 8.39. The standard InChI is InChI=1S/C26H26O6/c1-29-24(27)17-12-10-16(11-13-17)20-21-22(32-23(20)26(28)14-6-3-7-15-26)18-8-4-5-9-19(18)31-25(21)30-2/h4-5,8-13,25,28H,3,6-7,14-15H2,1-2H3. The topological polar surface area (TPSA) is 78.1 Å². The molecule has 166 valence electrons. The van der Waals surface area contributed by atoms with Crippen molar-refractivity contribution in [1.82, 2.24) is 0 Å². The van der Waals surface area contributed by atoms with Crippen LogP contribution < -0.4 is 4.74 Å². The van der Waals surface area contributed by atoms with Gasteiger partial charge in [-0.2, -0.15) is 0 Å². The smallest absolute Gasteiger partial charge is 0.337 e. The Morgan fingerprint density at radius 3 is 2.44 bits per heavy atom. The average molecular weight is 434 g/mol. The molecule has 1 aliphatic heterocycles. The van der Waals surface area contributed by atoms with Gasteiger partial charge in [-0.05, 0) is 42.7 Å². The van der Waals surface area contributed by atoms with Crippen LogP contribution in [-0.2, 0) is 15.1 Å². The molecule has 6 heteroatoms. The molecule has 2 aliphatic rings. The molecule has 1 saturated carbocycles. The zero-order chi connectivity index (χ0) is 22.3. The van der Waals surface area contributed by atoms with E-state index in [0.717, 1.165) is 41.5 Å². The Labute approximate surface area is 186 Å². The molecule has 3 aromatic rings. The SMILES string of the molecule is COC(=O)c1ccc(-c2c(C3(O)CCCCC3)oc3c2C(OC)Oc2ccccc2-3)cc1. The maximum Gasteiger partial charge on any atom is 0.337 e. The second kappa shape index (κ2) is 8.11. The predicted octanol–water partition coefficient (Wildman–Crippen LogP) is 5.59. The van der Waals surface area contributed by atoms with E-state index in [4.69, 9.17) is 18.6 Å². The molecule has 1 aliphatic carbocycles. The van der Waals surface area contributed by atoms with Gasteiger partial charge in [-0.3, -0.25) is 0 Å². The fourth-order valence-electron chi connectivity index (χ4n) is 4.83. The van der Waals surface area contributed by atoms with Crippen LogP contribution in [0.5, 0.6) is 5.75 Å². The summed E-state index contributed by atoms with van der Waals surface area (Å²) in [5.41, 5.74) is 2.55. The number of hydrogen-bond donors (Lipinski definition) is 1. The molecule has 5 rings (SSSR count). The number of para-hydroxylation sites is 1. The van der Waals surface area contributed by atoms with Gasteiger partial charge in [0, 0.05) is 12.7 Å². The van der Waals surface area contributed by atoms with Gasteiger partial charge in [-0.1, -0.05) is 43.5 Å². The van der Waals surface area contributed by atoms with E-state index in [1.54, 1.807) is 19.2 Å². The second-order valence-corrected chi connectivity index (χ2v) is 8.39. The highest BCUT2D eigenvalue weighted by Gasteiger charge is 2.43. The number of hydrogen-bond acceptors (Lipinski definition) is 6. The first-order chi connectivity index (χ1) is 15.6. The van der Waals surface area contributed by atoms with E-state index >= 15 is 0 Å². The third-order valence-electron chi connectivity index (χ3n) is 6.46. The molecule has 2 aromatic carbocycles. The monoisotopic (exact) mass is 434 g/mol. The quantitative estimate of drug-likeness (QED) is 0.540. The summed E-state index contributed by atoms with van der Waals surface area (Å²) in [5.74, 6) is 1.47. The van der Waals surface area contributed by atoms with Crippen molar-refractivity contribution in [3.8, 4) is 28.2 Å². The van der Waals surface area contributed by atoms with E-state index < -0.39 is 17.9 Å². The van der Waals surface area contributed by atoms with Crippen molar-refractivity contribution in [3.05, 3.63) is 65.4 Å². The summed E-state index contributed by atoms with van der Waals surface area (Å²) in [4.78, 5) is 11.9. The molecule has 1 atom stereocenters. The minimum atomic E-state index is -1.07. The lowest BCUT2D eigenvalue weighted by Gasteiger charge is -2.31. The molecule has 0 amide bonds. The summed E-state index contributed by atoms with van der Waals surface area (Å²) < 4.78 is 23.2. The Morgan fingerprint density at radius 2 is 1.75 bits per heavy atom. The Kier molecular flexibility index (Phi) is 5.27. The Bertz CT molecular complexity index is 1140. The Morgan fingerprint density at radius 1 is 1.03 bits per heavy atom. The minimum absolute atomic E-state index is 0.399. The summed E-state index contributed by atoms with van der Waals surface area (Å²) in [6.45, 7) is 0. The van der Waals surface area contributed by atoms with Crippen molar-refractivity contribution < 1.29 is 28.5 Å². The number of aliphatic hydroxyl groups is 1. The predicted molar refractivity (Wildman–Crippen MR) is 118 cm³/mol. The lowest BCUT2D eigenvalue weighted by Crippen LogP contribution is -2.28. The van der Waals surface area contributed by atoms with Crippen LogP contribution >= 0.6 is 0 Å². The summed E-state index contributed by atoms with van der Waals surface area (Å²) in [5, 5.41) is 11.7. The van der Waals surface area contributed by atoms with Crippen molar-refractivity contribution >= 4 is 5.97 Å². The number of benzene rings is 2. The molecule has 0 bridgehead atoms. The summed E-state index contributed by atoms with van der Waals surface area (Å²) in [7, 11) is 2.95. The van der Waals surface area contributed by atoms with Crippen LogP contribution in [0.25, 0.3) is 22.5 Å². The van der Waals surface area contributed by atoms with E-state index in [9.17, 15) is 9.90 Å². The van der Waals surface area contributed by atoms with Gasteiger partial charge in [0.25, 0.3) is 0 Å². The van der Waals surface area contributed by atoms with Gasteiger partial charge in [0.15, 0.2) is 0 Å². The molecular formula is C26H26O6. The number of ether oxygens (including phenoxy) is 3. The first-order valence-electron chi connectivity index (χ1n) is 10.9. The molecule has 6 nitrogen and oxygen atoms in total. The first-order valence-corrected chi connectivity index (χ1v) is 10.9. The zero-order valence-electron chi connectivity index (χ0n) is 18.2. The lowest BCUT2D eigenvalue weighted by atomic mass is 9.80. The molecule has 1 aromatic heterocycles. The molecule has 2 heterocycles. The minimum Gasteiger partial charge on any atom is -0.465 e. The van der Waals surface area contributed by atoms with Gasteiger partial charge in [-0.15, -0.1) is 0 Å². The molecule has 0 saturated heterocycles. The van der Waals surface area contributed by atoms with Gasteiger partial charge in [-0.25, -0.2) is 4.79 Å². The number of esters is 1. The van der Waals surface area contributed by atoms with Crippen LogP contribution in [0.4, 0.5) is 0 Å². The van der Waals surface area contributed by atoms with E-state index in [1.807, 2.05) is 36.4 Å². The van der Waals surface area contributed by atoms with E-state index in [1.165, 1.54) is 7.11 Å². The van der Waals surface area contributed by atoms with Gasteiger partial charge < -0.3 is 23.7 Å². The van der Waals surface area contributed by atoms with E-state index in [2.05, 4.69) is 0 Å². The summed E-state index contributed by atoms with van der Waals surface area (Å²) in [6.07, 6.45) is 3.55. The highest BCUT2D eigenvalue weighted by molar-refractivity contribution is 5.90. The highest BCUT2D eigenvalue weighted by atomic mass is 16.7. The first kappa shape index (κ1) is 20.8. The van der Waals surface area contributed by atoms with Crippen LogP contribution in [0.3, 0.4) is 0 Å². The molecule has 0 radical (unpaired) electrons. The van der Waals surface area contributed by atoms with Crippen molar-refractivity contribution in [2.24, 2.45) is 0 Å². The highest BCUT2D eigenvalue weighted by Crippen LogP contribution is 2.53. The Hall–Kier alpha value is -3.09. The fraction of sp³-hybridized carbons (Fsp3) is 0.346. The molecule has 32 heavy (non-hydrogen) atoms. The Balaban J connectivity index is 1.75. The number of carbonyl (C=O) groups is 1. The van der Waals surface area contributed by atoms with Crippen molar-refractivity contribution in [2.75, 3.05) is 14.2 Å². The maximum atomic E-state index is 11.9. The fourth-order valence-corrected chi connectivity index (χ4v) is 4.83. The molecular weight excluding hydrogens is 408 g/mol.